The molecule has 0 fully saturated rings. The van der Waals surface area contributed by atoms with Gasteiger partial charge in [0.1, 0.15) is 0 Å². The third-order valence-corrected chi connectivity index (χ3v) is 3.36. The molecule has 0 saturated carbocycles. The Morgan fingerprint density at radius 2 is 1.63 bits per heavy atom. The molecule has 0 radical (unpaired) electrons. The van der Waals surface area contributed by atoms with Crippen molar-refractivity contribution in [3.05, 3.63) is 72.6 Å². The van der Waals surface area contributed by atoms with Gasteiger partial charge in [0.25, 0.3) is 0 Å². The molecule has 19 heavy (non-hydrogen) atoms. The molecule has 0 spiro atoms. The highest BCUT2D eigenvalue weighted by Gasteiger charge is 2.06. The lowest BCUT2D eigenvalue weighted by Crippen LogP contribution is -1.98. The van der Waals surface area contributed by atoms with Gasteiger partial charge in [0.2, 0.25) is 0 Å². The first-order valence-corrected chi connectivity index (χ1v) is 6.66. The van der Waals surface area contributed by atoms with Crippen molar-refractivity contribution in [3.63, 3.8) is 0 Å². The zero-order chi connectivity index (χ0) is 13.1. The second-order valence-corrected chi connectivity index (χ2v) is 4.57. The summed E-state index contributed by atoms with van der Waals surface area (Å²) < 4.78 is 1.88. The second kappa shape index (κ2) is 5.29. The molecule has 0 aliphatic rings. The minimum atomic E-state index is 0.483. The van der Waals surface area contributed by atoms with Crippen LogP contribution in [0.4, 0.5) is 0 Å². The standard InChI is InChI=1S/C16H13ClN2/c17-10-14-8-4-5-9-16(14)19-12-15(11-18-19)13-6-2-1-3-7-13/h1-9,11-12H,10H2. The fourth-order valence-electron chi connectivity index (χ4n) is 2.08. The molecule has 2 nitrogen and oxygen atoms in total. The first-order valence-electron chi connectivity index (χ1n) is 6.13. The van der Waals surface area contributed by atoms with Crippen molar-refractivity contribution < 1.29 is 0 Å². The Labute approximate surface area is 117 Å². The lowest BCUT2D eigenvalue weighted by atomic mass is 10.1. The van der Waals surface area contributed by atoms with Crippen molar-refractivity contribution in [3.8, 4) is 16.8 Å². The molecule has 0 bridgehead atoms. The van der Waals surface area contributed by atoms with Gasteiger partial charge in [0.15, 0.2) is 0 Å². The van der Waals surface area contributed by atoms with Crippen LogP contribution >= 0.6 is 11.6 Å². The van der Waals surface area contributed by atoms with Gasteiger partial charge in [0.05, 0.1) is 11.9 Å². The summed E-state index contributed by atoms with van der Waals surface area (Å²) in [4.78, 5) is 0. The molecule has 0 atom stereocenters. The van der Waals surface area contributed by atoms with Crippen molar-refractivity contribution in [1.29, 1.82) is 0 Å². The predicted octanol–water partition coefficient (Wildman–Crippen LogP) is 4.28. The van der Waals surface area contributed by atoms with Crippen LogP contribution < -0.4 is 0 Å². The van der Waals surface area contributed by atoms with Gasteiger partial charge in [-0.1, -0.05) is 48.5 Å². The van der Waals surface area contributed by atoms with Gasteiger partial charge >= 0.3 is 0 Å². The molecule has 0 aliphatic carbocycles. The molecule has 3 aromatic rings. The van der Waals surface area contributed by atoms with E-state index in [0.717, 1.165) is 22.4 Å². The lowest BCUT2D eigenvalue weighted by Gasteiger charge is -2.06. The number of nitrogens with zero attached hydrogens (tertiary/aromatic N) is 2. The molecule has 2 aromatic carbocycles. The molecule has 1 heterocycles. The van der Waals surface area contributed by atoms with Crippen LogP contribution in [0.3, 0.4) is 0 Å². The quantitative estimate of drug-likeness (QED) is 0.649. The van der Waals surface area contributed by atoms with Crippen LogP contribution in [0, 0.1) is 0 Å². The van der Waals surface area contributed by atoms with Crippen LogP contribution in [0.1, 0.15) is 5.56 Å². The molecule has 3 heteroatoms. The maximum absolute atomic E-state index is 5.96. The van der Waals surface area contributed by atoms with Gasteiger partial charge in [-0.25, -0.2) is 4.68 Å². The second-order valence-electron chi connectivity index (χ2n) is 4.30. The van der Waals surface area contributed by atoms with Crippen LogP contribution in [0.2, 0.25) is 0 Å². The van der Waals surface area contributed by atoms with E-state index in [1.165, 1.54) is 0 Å². The summed E-state index contributed by atoms with van der Waals surface area (Å²) in [5.74, 6) is 0.483. The maximum atomic E-state index is 5.96. The van der Waals surface area contributed by atoms with E-state index in [2.05, 4.69) is 17.2 Å². The summed E-state index contributed by atoms with van der Waals surface area (Å²) in [5.41, 5.74) is 4.37. The van der Waals surface area contributed by atoms with E-state index in [1.807, 2.05) is 59.5 Å². The van der Waals surface area contributed by atoms with E-state index in [0.29, 0.717) is 5.88 Å². The summed E-state index contributed by atoms with van der Waals surface area (Å²) in [5, 5.41) is 4.43. The van der Waals surface area contributed by atoms with Crippen molar-refractivity contribution in [2.75, 3.05) is 0 Å². The van der Waals surface area contributed by atoms with Crippen molar-refractivity contribution in [2.24, 2.45) is 0 Å². The fourth-order valence-corrected chi connectivity index (χ4v) is 2.31. The highest BCUT2D eigenvalue weighted by atomic mass is 35.5. The number of benzene rings is 2. The maximum Gasteiger partial charge on any atom is 0.0689 e. The van der Waals surface area contributed by atoms with E-state index in [4.69, 9.17) is 11.6 Å². The molecule has 0 amide bonds. The topological polar surface area (TPSA) is 17.8 Å². The van der Waals surface area contributed by atoms with Gasteiger partial charge in [-0.05, 0) is 17.2 Å². The van der Waals surface area contributed by atoms with Crippen LogP contribution in [-0.2, 0) is 5.88 Å². The highest BCUT2D eigenvalue weighted by molar-refractivity contribution is 6.17. The molecule has 0 N–H and O–H groups in total. The zero-order valence-electron chi connectivity index (χ0n) is 10.3. The average Bonchev–Trinajstić information content (AvgIpc) is 2.98. The number of hydrogen-bond acceptors (Lipinski definition) is 1. The van der Waals surface area contributed by atoms with E-state index in [-0.39, 0.29) is 0 Å². The normalized spacial score (nSPS) is 10.6. The third kappa shape index (κ3) is 2.40. The molecule has 94 valence electrons. The highest BCUT2D eigenvalue weighted by Crippen LogP contribution is 2.21. The van der Waals surface area contributed by atoms with E-state index >= 15 is 0 Å². The third-order valence-electron chi connectivity index (χ3n) is 3.07. The first-order chi connectivity index (χ1) is 9.38. The van der Waals surface area contributed by atoms with Crippen molar-refractivity contribution in [1.82, 2.24) is 9.78 Å². The largest absolute Gasteiger partial charge is 0.240 e. The summed E-state index contributed by atoms with van der Waals surface area (Å²) >= 11 is 5.96. The summed E-state index contributed by atoms with van der Waals surface area (Å²) in [7, 11) is 0. The summed E-state index contributed by atoms with van der Waals surface area (Å²) in [6, 6.07) is 18.3. The molecule has 0 aliphatic heterocycles. The fraction of sp³-hybridized carbons (Fsp3) is 0.0625. The lowest BCUT2D eigenvalue weighted by molar-refractivity contribution is 0.871. The number of halogens is 1. The Kier molecular flexibility index (Phi) is 3.34. The predicted molar refractivity (Wildman–Crippen MR) is 78.6 cm³/mol. The molecule has 0 saturated heterocycles. The smallest absolute Gasteiger partial charge is 0.0689 e. The molecule has 3 rings (SSSR count). The van der Waals surface area contributed by atoms with Crippen LogP contribution in [-0.4, -0.2) is 9.78 Å². The molecule has 1 aromatic heterocycles. The van der Waals surface area contributed by atoms with Gasteiger partial charge < -0.3 is 0 Å². The van der Waals surface area contributed by atoms with Crippen LogP contribution in [0.25, 0.3) is 16.8 Å². The number of aromatic nitrogens is 2. The van der Waals surface area contributed by atoms with Gasteiger partial charge in [-0.15, -0.1) is 11.6 Å². The number of hydrogen-bond donors (Lipinski definition) is 0. The molecule has 0 unspecified atom stereocenters. The first kappa shape index (κ1) is 12.0. The Hall–Kier alpha value is -2.06. The number of alkyl halides is 1. The Balaban J connectivity index is 2.02. The van der Waals surface area contributed by atoms with Gasteiger partial charge in [-0.3, -0.25) is 0 Å². The minimum Gasteiger partial charge on any atom is -0.240 e. The van der Waals surface area contributed by atoms with Gasteiger partial charge in [0, 0.05) is 17.6 Å². The Morgan fingerprint density at radius 1 is 0.895 bits per heavy atom. The van der Waals surface area contributed by atoms with Crippen LogP contribution in [0.15, 0.2) is 67.0 Å². The van der Waals surface area contributed by atoms with Crippen molar-refractivity contribution >= 4 is 11.6 Å². The summed E-state index contributed by atoms with van der Waals surface area (Å²) in [6.45, 7) is 0. The average molecular weight is 269 g/mol. The number of rotatable bonds is 3. The molecular weight excluding hydrogens is 256 g/mol. The van der Waals surface area contributed by atoms with Crippen LogP contribution in [0.5, 0.6) is 0 Å². The zero-order valence-corrected chi connectivity index (χ0v) is 11.1. The van der Waals surface area contributed by atoms with Crippen molar-refractivity contribution in [2.45, 2.75) is 5.88 Å². The van der Waals surface area contributed by atoms with Gasteiger partial charge in [-0.2, -0.15) is 5.10 Å². The SMILES string of the molecule is ClCc1ccccc1-n1cc(-c2ccccc2)cn1. The monoisotopic (exact) mass is 268 g/mol. The van der Waals surface area contributed by atoms with E-state index in [1.54, 1.807) is 0 Å². The Morgan fingerprint density at radius 3 is 2.42 bits per heavy atom. The Bertz CT molecular complexity index is 674. The van der Waals surface area contributed by atoms with E-state index < -0.39 is 0 Å². The number of para-hydroxylation sites is 1. The molecular formula is C16H13ClN2. The summed E-state index contributed by atoms with van der Waals surface area (Å²) in [6.07, 6.45) is 3.90. The minimum absolute atomic E-state index is 0.483. The van der Waals surface area contributed by atoms with E-state index in [9.17, 15) is 0 Å².